The van der Waals surface area contributed by atoms with Crippen molar-refractivity contribution < 1.29 is 15.0 Å². The molecule has 94 valence electrons. The van der Waals surface area contributed by atoms with Crippen LogP contribution in [0, 0.1) is 11.8 Å². The average Bonchev–Trinajstić information content (AvgIpc) is 2.95. The molecule has 1 rings (SSSR count). The monoisotopic (exact) mass is 228 g/mol. The van der Waals surface area contributed by atoms with Gasteiger partial charge in [0.2, 0.25) is 0 Å². The molecule has 0 aromatic rings. The van der Waals surface area contributed by atoms with E-state index >= 15 is 0 Å². The van der Waals surface area contributed by atoms with Gasteiger partial charge in [0.1, 0.15) is 0 Å². The lowest BCUT2D eigenvalue weighted by Gasteiger charge is -2.03. The van der Waals surface area contributed by atoms with E-state index in [2.05, 4.69) is 0 Å². The Labute approximate surface area is 97.9 Å². The van der Waals surface area contributed by atoms with Crippen molar-refractivity contribution in [2.24, 2.45) is 11.8 Å². The van der Waals surface area contributed by atoms with Crippen molar-refractivity contribution in [1.29, 1.82) is 0 Å². The van der Waals surface area contributed by atoms with Gasteiger partial charge in [0.15, 0.2) is 0 Å². The summed E-state index contributed by atoms with van der Waals surface area (Å²) in [5, 5.41) is 17.8. The van der Waals surface area contributed by atoms with Crippen LogP contribution in [0.15, 0.2) is 0 Å². The molecule has 0 aliphatic heterocycles. The van der Waals surface area contributed by atoms with Crippen molar-refractivity contribution in [2.45, 2.75) is 64.4 Å². The Morgan fingerprint density at radius 1 is 1.25 bits per heavy atom. The Kier molecular flexibility index (Phi) is 5.81. The molecule has 3 nitrogen and oxygen atoms in total. The van der Waals surface area contributed by atoms with Gasteiger partial charge in [-0.05, 0) is 31.6 Å². The summed E-state index contributed by atoms with van der Waals surface area (Å²) in [7, 11) is 0. The zero-order chi connectivity index (χ0) is 12.0. The van der Waals surface area contributed by atoms with E-state index in [9.17, 15) is 9.90 Å². The predicted octanol–water partition coefficient (Wildman–Crippen LogP) is 2.82. The predicted molar refractivity (Wildman–Crippen MR) is 63.2 cm³/mol. The summed E-state index contributed by atoms with van der Waals surface area (Å²) in [6.45, 7) is 1.89. The Morgan fingerprint density at radius 2 is 1.88 bits per heavy atom. The van der Waals surface area contributed by atoms with Crippen LogP contribution in [0.25, 0.3) is 0 Å². The van der Waals surface area contributed by atoms with Crippen LogP contribution in [-0.4, -0.2) is 22.3 Å². The van der Waals surface area contributed by atoms with E-state index in [-0.39, 0.29) is 6.10 Å². The average molecular weight is 228 g/mol. The maximum atomic E-state index is 10.3. The number of unbranched alkanes of at least 4 members (excludes halogenated alkanes) is 4. The minimum Gasteiger partial charge on any atom is -0.481 e. The summed E-state index contributed by atoms with van der Waals surface area (Å²) in [4.78, 5) is 10.3. The molecule has 3 atom stereocenters. The standard InChI is InChI=1S/C13H24O3/c1-10(14)12-9-11(12)7-5-3-2-4-6-8-13(15)16/h10-12,14H,2-9H2,1H3,(H,15,16)/t10?,11-,12+/m1/s1. The number of carboxylic acid groups (broad SMARTS) is 1. The number of hydrogen-bond acceptors (Lipinski definition) is 2. The molecule has 0 amide bonds. The van der Waals surface area contributed by atoms with E-state index in [4.69, 9.17) is 5.11 Å². The normalized spacial score (nSPS) is 25.4. The number of carbonyl (C=O) groups is 1. The number of aliphatic carboxylic acids is 1. The Hall–Kier alpha value is -0.570. The van der Waals surface area contributed by atoms with Crippen molar-refractivity contribution >= 4 is 5.97 Å². The van der Waals surface area contributed by atoms with E-state index in [1.165, 1.54) is 25.7 Å². The largest absolute Gasteiger partial charge is 0.481 e. The first kappa shape index (κ1) is 13.5. The molecule has 0 saturated heterocycles. The quantitative estimate of drug-likeness (QED) is 0.597. The number of aliphatic hydroxyl groups excluding tert-OH is 1. The highest BCUT2D eigenvalue weighted by atomic mass is 16.4. The smallest absolute Gasteiger partial charge is 0.303 e. The molecule has 1 unspecified atom stereocenters. The third kappa shape index (κ3) is 5.50. The van der Waals surface area contributed by atoms with Crippen LogP contribution >= 0.6 is 0 Å². The lowest BCUT2D eigenvalue weighted by atomic mass is 10.1. The van der Waals surface area contributed by atoms with E-state index in [0.29, 0.717) is 12.3 Å². The summed E-state index contributed by atoms with van der Waals surface area (Å²) in [6, 6.07) is 0. The van der Waals surface area contributed by atoms with Gasteiger partial charge in [0.25, 0.3) is 0 Å². The fraction of sp³-hybridized carbons (Fsp3) is 0.923. The number of hydrogen-bond donors (Lipinski definition) is 2. The van der Waals surface area contributed by atoms with Gasteiger partial charge in [-0.1, -0.05) is 32.1 Å². The van der Waals surface area contributed by atoms with Crippen LogP contribution in [0.2, 0.25) is 0 Å². The van der Waals surface area contributed by atoms with Crippen LogP contribution in [-0.2, 0) is 4.79 Å². The van der Waals surface area contributed by atoms with Crippen LogP contribution in [0.1, 0.15) is 58.3 Å². The summed E-state index contributed by atoms with van der Waals surface area (Å²) in [6.07, 6.45) is 8.09. The molecule has 1 aliphatic carbocycles. The first-order valence-electron chi connectivity index (χ1n) is 6.51. The molecule has 0 aromatic heterocycles. The van der Waals surface area contributed by atoms with Gasteiger partial charge >= 0.3 is 5.97 Å². The van der Waals surface area contributed by atoms with Crippen molar-refractivity contribution in [3.05, 3.63) is 0 Å². The Balaban J connectivity index is 1.81. The second-order valence-corrected chi connectivity index (χ2v) is 5.10. The number of aliphatic hydroxyl groups is 1. The second kappa shape index (κ2) is 6.89. The maximum Gasteiger partial charge on any atom is 0.303 e. The molecule has 3 heteroatoms. The minimum atomic E-state index is -0.683. The van der Waals surface area contributed by atoms with Crippen molar-refractivity contribution in [1.82, 2.24) is 0 Å². The van der Waals surface area contributed by atoms with Gasteiger partial charge < -0.3 is 10.2 Å². The molecule has 1 fully saturated rings. The van der Waals surface area contributed by atoms with Gasteiger partial charge in [0, 0.05) is 6.42 Å². The van der Waals surface area contributed by atoms with Crippen LogP contribution in [0.4, 0.5) is 0 Å². The highest BCUT2D eigenvalue weighted by Gasteiger charge is 2.39. The summed E-state index contributed by atoms with van der Waals surface area (Å²) in [5.74, 6) is 0.642. The van der Waals surface area contributed by atoms with Crippen molar-refractivity contribution in [2.75, 3.05) is 0 Å². The lowest BCUT2D eigenvalue weighted by molar-refractivity contribution is -0.137. The molecule has 0 aromatic carbocycles. The second-order valence-electron chi connectivity index (χ2n) is 5.10. The van der Waals surface area contributed by atoms with Crippen LogP contribution in [0.3, 0.4) is 0 Å². The number of rotatable bonds is 9. The molecule has 0 bridgehead atoms. The third-order valence-electron chi connectivity index (χ3n) is 3.56. The highest BCUT2D eigenvalue weighted by Crippen LogP contribution is 2.44. The molecule has 1 saturated carbocycles. The molecule has 16 heavy (non-hydrogen) atoms. The molecule has 0 radical (unpaired) electrons. The fourth-order valence-electron chi connectivity index (χ4n) is 2.41. The van der Waals surface area contributed by atoms with Gasteiger partial charge in [-0.25, -0.2) is 0 Å². The molecule has 1 aliphatic rings. The third-order valence-corrected chi connectivity index (χ3v) is 3.56. The van der Waals surface area contributed by atoms with Gasteiger partial charge in [-0.3, -0.25) is 4.79 Å². The SMILES string of the molecule is CC(O)[C@@H]1C[C@H]1CCCCCCCC(=O)O. The summed E-state index contributed by atoms with van der Waals surface area (Å²) < 4.78 is 0. The minimum absolute atomic E-state index is 0.124. The van der Waals surface area contributed by atoms with E-state index in [1.807, 2.05) is 6.92 Å². The summed E-state index contributed by atoms with van der Waals surface area (Å²) in [5.41, 5.74) is 0. The highest BCUT2D eigenvalue weighted by molar-refractivity contribution is 5.66. The van der Waals surface area contributed by atoms with E-state index < -0.39 is 5.97 Å². The van der Waals surface area contributed by atoms with E-state index in [1.54, 1.807) is 0 Å². The zero-order valence-electron chi connectivity index (χ0n) is 10.2. The van der Waals surface area contributed by atoms with Crippen molar-refractivity contribution in [3.8, 4) is 0 Å². The fourth-order valence-corrected chi connectivity index (χ4v) is 2.41. The Bertz CT molecular complexity index is 213. The van der Waals surface area contributed by atoms with E-state index in [0.717, 1.165) is 25.2 Å². The van der Waals surface area contributed by atoms with Gasteiger partial charge in [0.05, 0.1) is 6.10 Å². The maximum absolute atomic E-state index is 10.3. The molecule has 2 N–H and O–H groups in total. The lowest BCUT2D eigenvalue weighted by Crippen LogP contribution is -2.03. The molecule has 0 spiro atoms. The van der Waals surface area contributed by atoms with Gasteiger partial charge in [-0.15, -0.1) is 0 Å². The molecular weight excluding hydrogens is 204 g/mol. The first-order valence-corrected chi connectivity index (χ1v) is 6.51. The molecular formula is C13H24O3. The first-order chi connectivity index (χ1) is 7.61. The Morgan fingerprint density at radius 3 is 2.44 bits per heavy atom. The molecule has 0 heterocycles. The summed E-state index contributed by atoms with van der Waals surface area (Å²) >= 11 is 0. The van der Waals surface area contributed by atoms with Gasteiger partial charge in [-0.2, -0.15) is 0 Å². The number of carboxylic acids is 1. The topological polar surface area (TPSA) is 57.5 Å². The van der Waals surface area contributed by atoms with Crippen LogP contribution < -0.4 is 0 Å². The van der Waals surface area contributed by atoms with Crippen LogP contribution in [0.5, 0.6) is 0 Å². The zero-order valence-corrected chi connectivity index (χ0v) is 10.2. The van der Waals surface area contributed by atoms with Crippen molar-refractivity contribution in [3.63, 3.8) is 0 Å².